The summed E-state index contributed by atoms with van der Waals surface area (Å²) in [5.74, 6) is 0.877. The summed E-state index contributed by atoms with van der Waals surface area (Å²) in [4.78, 5) is 24.2. The van der Waals surface area contributed by atoms with Crippen molar-refractivity contribution in [2.75, 3.05) is 20.2 Å². The van der Waals surface area contributed by atoms with Crippen LogP contribution in [0.2, 0.25) is 5.02 Å². The number of fused-ring (bicyclic) bond motifs is 1. The van der Waals surface area contributed by atoms with E-state index in [1.165, 1.54) is 0 Å². The van der Waals surface area contributed by atoms with Crippen LogP contribution in [0.5, 0.6) is 5.75 Å². The van der Waals surface area contributed by atoms with Gasteiger partial charge in [-0.2, -0.15) is 0 Å². The lowest BCUT2D eigenvalue weighted by molar-refractivity contribution is 0.0197. The number of halogens is 1. The highest BCUT2D eigenvalue weighted by Gasteiger charge is 2.29. The topological polar surface area (TPSA) is 64.5 Å². The second-order valence-corrected chi connectivity index (χ2v) is 10.4. The summed E-state index contributed by atoms with van der Waals surface area (Å²) < 4.78 is 11.2. The number of rotatable bonds is 3. The molecule has 1 aliphatic heterocycles. The average molecular weight is 482 g/mol. The highest BCUT2D eigenvalue weighted by molar-refractivity contribution is 6.35. The number of piperidine rings is 1. The number of aromatic nitrogens is 2. The Balaban J connectivity index is 1.69. The van der Waals surface area contributed by atoms with E-state index < -0.39 is 5.60 Å². The van der Waals surface area contributed by atoms with E-state index in [0.29, 0.717) is 23.8 Å². The maximum Gasteiger partial charge on any atom is 0.410 e. The number of hydrogen-bond donors (Lipinski definition) is 0. The predicted molar refractivity (Wildman–Crippen MR) is 136 cm³/mol. The molecular weight excluding hydrogens is 450 g/mol. The second-order valence-electron chi connectivity index (χ2n) is 10.0. The maximum absolute atomic E-state index is 12.6. The van der Waals surface area contributed by atoms with Gasteiger partial charge in [-0.3, -0.25) is 0 Å². The van der Waals surface area contributed by atoms with Crippen LogP contribution in [0.4, 0.5) is 4.79 Å². The van der Waals surface area contributed by atoms with E-state index in [-0.39, 0.29) is 12.0 Å². The van der Waals surface area contributed by atoms with Crippen LogP contribution in [0.3, 0.4) is 0 Å². The third-order valence-electron chi connectivity index (χ3n) is 6.05. The summed E-state index contributed by atoms with van der Waals surface area (Å²) in [6, 6.07) is 9.95. The van der Waals surface area contributed by atoms with E-state index in [9.17, 15) is 4.79 Å². The van der Waals surface area contributed by atoms with Crippen LogP contribution in [0.25, 0.3) is 22.3 Å². The van der Waals surface area contributed by atoms with E-state index in [1.807, 2.05) is 58.9 Å². The Morgan fingerprint density at radius 3 is 2.62 bits per heavy atom. The normalized spacial score (nSPS) is 16.6. The maximum atomic E-state index is 12.6. The van der Waals surface area contributed by atoms with Gasteiger partial charge >= 0.3 is 6.09 Å². The zero-order valence-electron chi connectivity index (χ0n) is 20.7. The molecule has 2 aromatic heterocycles. The minimum absolute atomic E-state index is 0.116. The molecular formula is C27H32ClN3O3. The minimum atomic E-state index is -0.516. The van der Waals surface area contributed by atoms with Crippen LogP contribution in [0, 0.1) is 13.8 Å². The number of carbonyl (C=O) groups excluding carboxylic acids is 1. The van der Waals surface area contributed by atoms with Crippen LogP contribution < -0.4 is 4.74 Å². The number of aryl methyl sites for hydroxylation is 2. The van der Waals surface area contributed by atoms with Crippen molar-refractivity contribution in [1.29, 1.82) is 0 Å². The Labute approximate surface area is 206 Å². The van der Waals surface area contributed by atoms with Gasteiger partial charge in [0.05, 0.1) is 17.8 Å². The fourth-order valence-corrected chi connectivity index (χ4v) is 4.81. The summed E-state index contributed by atoms with van der Waals surface area (Å²) in [5, 5.41) is 1.40. The van der Waals surface area contributed by atoms with E-state index in [4.69, 9.17) is 31.0 Å². The van der Waals surface area contributed by atoms with Crippen molar-refractivity contribution in [3.8, 4) is 17.0 Å². The number of hydrogen-bond acceptors (Lipinski definition) is 5. The number of benzene rings is 1. The van der Waals surface area contributed by atoms with Gasteiger partial charge in [0.1, 0.15) is 11.4 Å². The van der Waals surface area contributed by atoms with E-state index in [1.54, 1.807) is 12.0 Å². The SMILES string of the molecule is COc1cc(C)cc(C)c1-c1cc(Cl)c2ccc(C3CCCN(C(=O)OC(C)(C)C)C3)nc2n1. The minimum Gasteiger partial charge on any atom is -0.496 e. The molecule has 1 unspecified atom stereocenters. The molecule has 1 aromatic carbocycles. The summed E-state index contributed by atoms with van der Waals surface area (Å²) in [6.45, 7) is 11.0. The Hall–Kier alpha value is -2.86. The predicted octanol–water partition coefficient (Wildman–Crippen LogP) is 6.69. The van der Waals surface area contributed by atoms with Crippen LogP contribution in [0.15, 0.2) is 30.3 Å². The van der Waals surface area contributed by atoms with Crippen LogP contribution in [-0.2, 0) is 4.74 Å². The fourth-order valence-electron chi connectivity index (χ4n) is 4.56. The smallest absolute Gasteiger partial charge is 0.410 e. The number of amides is 1. The zero-order chi connectivity index (χ0) is 24.6. The molecule has 0 N–H and O–H groups in total. The molecule has 0 radical (unpaired) electrons. The number of nitrogens with zero attached hydrogens (tertiary/aromatic N) is 3. The lowest BCUT2D eigenvalue weighted by atomic mass is 9.94. The molecule has 180 valence electrons. The van der Waals surface area contributed by atoms with E-state index in [0.717, 1.165) is 52.1 Å². The molecule has 3 aromatic rings. The summed E-state index contributed by atoms with van der Waals surface area (Å²) in [6.07, 6.45) is 1.58. The first-order chi connectivity index (χ1) is 16.1. The molecule has 3 heterocycles. The highest BCUT2D eigenvalue weighted by Crippen LogP contribution is 2.37. The molecule has 0 spiro atoms. The van der Waals surface area contributed by atoms with Crippen LogP contribution in [-0.4, -0.2) is 46.8 Å². The Bertz CT molecular complexity index is 1240. The van der Waals surface area contributed by atoms with Crippen molar-refractivity contribution in [3.63, 3.8) is 0 Å². The average Bonchev–Trinajstić information content (AvgIpc) is 2.77. The standard InChI is InChI=1S/C27H32ClN3O3/c1-16-12-17(2)24(23(13-16)33-6)22-14-20(28)19-9-10-21(29-25(19)30-22)18-8-7-11-31(15-18)26(32)34-27(3,4)5/h9-10,12-14,18H,7-8,11,15H2,1-6H3. The molecule has 6 nitrogen and oxygen atoms in total. The Kier molecular flexibility index (Phi) is 6.72. The van der Waals surface area contributed by atoms with Gasteiger partial charge in [-0.15, -0.1) is 0 Å². The monoisotopic (exact) mass is 481 g/mol. The van der Waals surface area contributed by atoms with Crippen LogP contribution >= 0.6 is 11.6 Å². The Morgan fingerprint density at radius 2 is 1.91 bits per heavy atom. The first kappa shape index (κ1) is 24.3. The van der Waals surface area contributed by atoms with Gasteiger partial charge < -0.3 is 14.4 Å². The summed E-state index contributed by atoms with van der Waals surface area (Å²) in [7, 11) is 1.66. The van der Waals surface area contributed by atoms with Crippen molar-refractivity contribution in [2.24, 2.45) is 0 Å². The van der Waals surface area contributed by atoms with Crippen LogP contribution in [0.1, 0.15) is 56.4 Å². The molecule has 4 rings (SSSR count). The van der Waals surface area contributed by atoms with Gasteiger partial charge in [0.2, 0.25) is 0 Å². The quantitative estimate of drug-likeness (QED) is 0.417. The second kappa shape index (κ2) is 9.41. The molecule has 1 amide bonds. The molecule has 0 saturated carbocycles. The largest absolute Gasteiger partial charge is 0.496 e. The van der Waals surface area contributed by atoms with Crippen molar-refractivity contribution >= 4 is 28.7 Å². The number of methoxy groups -OCH3 is 1. The molecule has 0 bridgehead atoms. The molecule has 1 saturated heterocycles. The number of ether oxygens (including phenoxy) is 2. The van der Waals surface area contributed by atoms with Crippen molar-refractivity contribution in [1.82, 2.24) is 14.9 Å². The molecule has 1 atom stereocenters. The van der Waals surface area contributed by atoms with Gasteiger partial charge in [0.15, 0.2) is 5.65 Å². The Morgan fingerprint density at radius 1 is 1.15 bits per heavy atom. The number of carbonyl (C=O) groups is 1. The lowest BCUT2D eigenvalue weighted by Crippen LogP contribution is -2.42. The van der Waals surface area contributed by atoms with Gasteiger partial charge in [-0.1, -0.05) is 17.7 Å². The van der Waals surface area contributed by atoms with Crippen molar-refractivity contribution in [3.05, 3.63) is 52.2 Å². The molecule has 7 heteroatoms. The zero-order valence-corrected chi connectivity index (χ0v) is 21.5. The van der Waals surface area contributed by atoms with Gasteiger partial charge in [-0.25, -0.2) is 14.8 Å². The summed E-state index contributed by atoms with van der Waals surface area (Å²) in [5.41, 5.74) is 4.82. The van der Waals surface area contributed by atoms with Crippen molar-refractivity contribution in [2.45, 2.75) is 59.0 Å². The third kappa shape index (κ3) is 5.12. The highest BCUT2D eigenvalue weighted by atomic mass is 35.5. The van der Waals surface area contributed by atoms with Crippen molar-refractivity contribution < 1.29 is 14.3 Å². The van der Waals surface area contributed by atoms with Gasteiger partial charge in [0, 0.05) is 35.7 Å². The number of likely N-dealkylation sites (tertiary alicyclic amines) is 1. The van der Waals surface area contributed by atoms with E-state index >= 15 is 0 Å². The molecule has 1 aliphatic rings. The molecule has 0 aliphatic carbocycles. The summed E-state index contributed by atoms with van der Waals surface area (Å²) >= 11 is 6.67. The molecule has 34 heavy (non-hydrogen) atoms. The fraction of sp³-hybridized carbons (Fsp3) is 0.444. The van der Waals surface area contributed by atoms with E-state index in [2.05, 4.69) is 6.07 Å². The molecule has 1 fully saturated rings. The third-order valence-corrected chi connectivity index (χ3v) is 6.37. The lowest BCUT2D eigenvalue weighted by Gasteiger charge is -2.34. The first-order valence-electron chi connectivity index (χ1n) is 11.7. The number of pyridine rings is 2. The first-order valence-corrected chi connectivity index (χ1v) is 12.0. The van der Waals surface area contributed by atoms with Gasteiger partial charge in [-0.05, 0) is 82.9 Å². The van der Waals surface area contributed by atoms with Gasteiger partial charge in [0.25, 0.3) is 0 Å².